The Bertz CT molecular complexity index is 1310. The van der Waals surface area contributed by atoms with E-state index >= 15 is 0 Å². The first-order chi connectivity index (χ1) is 16.2. The summed E-state index contributed by atoms with van der Waals surface area (Å²) < 4.78 is 39.1. The highest BCUT2D eigenvalue weighted by molar-refractivity contribution is 6.01. The summed E-state index contributed by atoms with van der Waals surface area (Å²) in [5.74, 6) is -0.435. The van der Waals surface area contributed by atoms with E-state index in [0.717, 1.165) is 34.4 Å². The molecular weight excluding hydrogens is 439 g/mol. The number of carbonyl (C=O) groups is 1. The molecule has 0 fully saturated rings. The van der Waals surface area contributed by atoms with Crippen molar-refractivity contribution in [2.45, 2.75) is 26.6 Å². The molecule has 0 bridgehead atoms. The number of alkyl halides is 3. The zero-order valence-corrected chi connectivity index (χ0v) is 18.6. The highest BCUT2D eigenvalue weighted by Crippen LogP contribution is 2.30. The largest absolute Gasteiger partial charge is 0.416 e. The molecule has 0 saturated carbocycles. The van der Waals surface area contributed by atoms with Gasteiger partial charge >= 0.3 is 6.18 Å². The number of halogens is 3. The molecule has 0 atom stereocenters. The Labute approximate surface area is 195 Å². The average Bonchev–Trinajstić information content (AvgIpc) is 2.82. The Morgan fingerprint density at radius 1 is 0.882 bits per heavy atom. The van der Waals surface area contributed by atoms with E-state index in [9.17, 15) is 18.0 Å². The molecule has 4 rings (SSSR count). The normalized spacial score (nSPS) is 11.3. The van der Waals surface area contributed by atoms with E-state index in [-0.39, 0.29) is 6.54 Å². The van der Waals surface area contributed by atoms with Gasteiger partial charge in [0.15, 0.2) is 0 Å². The molecule has 0 spiro atoms. The first-order valence-electron chi connectivity index (χ1n) is 10.6. The Balaban J connectivity index is 1.68. The third-order valence-electron chi connectivity index (χ3n) is 5.33. The van der Waals surface area contributed by atoms with Gasteiger partial charge in [-0.25, -0.2) is 0 Å². The molecule has 0 saturated heterocycles. The van der Waals surface area contributed by atoms with Crippen LogP contribution in [0.5, 0.6) is 0 Å². The zero-order chi connectivity index (χ0) is 24.3. The molecule has 2 heterocycles. The van der Waals surface area contributed by atoms with Gasteiger partial charge < -0.3 is 5.32 Å². The van der Waals surface area contributed by atoms with Crippen LogP contribution in [0.25, 0.3) is 22.4 Å². The van der Waals surface area contributed by atoms with E-state index in [1.807, 2.05) is 26.0 Å². The van der Waals surface area contributed by atoms with Crippen LogP contribution in [-0.2, 0) is 12.7 Å². The number of amides is 1. The van der Waals surface area contributed by atoms with Crippen molar-refractivity contribution in [3.63, 3.8) is 0 Å². The van der Waals surface area contributed by atoms with Crippen LogP contribution in [0, 0.1) is 13.8 Å². The maximum absolute atomic E-state index is 13.2. The Morgan fingerprint density at radius 3 is 2.32 bits per heavy atom. The molecule has 0 radical (unpaired) electrons. The Kier molecular flexibility index (Phi) is 6.45. The molecule has 1 N–H and O–H groups in total. The third-order valence-corrected chi connectivity index (χ3v) is 5.33. The minimum Gasteiger partial charge on any atom is -0.348 e. The number of hydrogen-bond donors (Lipinski definition) is 1. The van der Waals surface area contributed by atoms with Gasteiger partial charge in [0, 0.05) is 36.3 Å². The van der Waals surface area contributed by atoms with E-state index < -0.39 is 17.6 Å². The van der Waals surface area contributed by atoms with Crippen molar-refractivity contribution < 1.29 is 18.0 Å². The molecule has 172 valence electrons. The maximum Gasteiger partial charge on any atom is 0.416 e. The summed E-state index contributed by atoms with van der Waals surface area (Å²) in [6.07, 6.45) is 0.501. The summed E-state index contributed by atoms with van der Waals surface area (Å²) in [4.78, 5) is 21.9. The third kappa shape index (κ3) is 5.31. The molecule has 1 amide bonds. The van der Waals surface area contributed by atoms with Crippen LogP contribution >= 0.6 is 0 Å². The molecule has 7 heteroatoms. The fraction of sp³-hybridized carbons (Fsp3) is 0.148. The van der Waals surface area contributed by atoms with Gasteiger partial charge in [0.05, 0.1) is 16.8 Å². The lowest BCUT2D eigenvalue weighted by atomic mass is 9.98. The molecule has 2 aromatic heterocycles. The predicted octanol–water partition coefficient (Wildman–Crippen LogP) is 6.38. The van der Waals surface area contributed by atoms with E-state index in [2.05, 4.69) is 21.4 Å². The minimum atomic E-state index is -4.45. The molecule has 4 aromatic rings. The number of nitrogens with one attached hydrogen (secondary N) is 1. The summed E-state index contributed by atoms with van der Waals surface area (Å²) in [7, 11) is 0. The lowest BCUT2D eigenvalue weighted by Gasteiger charge is -2.13. The molecule has 0 aliphatic carbocycles. The number of aromatic nitrogens is 2. The number of benzene rings is 2. The number of aryl methyl sites for hydroxylation is 2. The van der Waals surface area contributed by atoms with Crippen LogP contribution in [0.15, 0.2) is 79.3 Å². The van der Waals surface area contributed by atoms with Crippen molar-refractivity contribution in [3.8, 4) is 22.4 Å². The van der Waals surface area contributed by atoms with E-state index in [0.29, 0.717) is 22.4 Å². The second-order valence-corrected chi connectivity index (χ2v) is 8.12. The summed E-state index contributed by atoms with van der Waals surface area (Å²) in [6.45, 7) is 3.94. The standard InChI is InChI=1S/C27H22F3N3O/c1-17-9-18(2)11-21(10-17)22-13-24(25(32-16-22)20-6-4-8-31-15-20)26(34)33-14-19-5-3-7-23(12-19)27(28,29)30/h3-13,15-16H,14H2,1-2H3,(H,33,34). The number of rotatable bonds is 5. The molecular formula is C27H22F3N3O. The summed E-state index contributed by atoms with van der Waals surface area (Å²) in [6, 6.07) is 16.3. The highest BCUT2D eigenvalue weighted by Gasteiger charge is 2.30. The number of hydrogen-bond acceptors (Lipinski definition) is 3. The summed E-state index contributed by atoms with van der Waals surface area (Å²) >= 11 is 0. The van der Waals surface area contributed by atoms with Crippen LogP contribution in [0.1, 0.15) is 32.6 Å². The van der Waals surface area contributed by atoms with Crippen molar-refractivity contribution in [1.82, 2.24) is 15.3 Å². The van der Waals surface area contributed by atoms with E-state index in [1.165, 1.54) is 6.07 Å². The van der Waals surface area contributed by atoms with Crippen LogP contribution in [0.3, 0.4) is 0 Å². The van der Waals surface area contributed by atoms with Gasteiger partial charge in [0.25, 0.3) is 5.91 Å². The lowest BCUT2D eigenvalue weighted by Crippen LogP contribution is -2.24. The van der Waals surface area contributed by atoms with Crippen LogP contribution in [0.2, 0.25) is 0 Å². The fourth-order valence-corrected chi connectivity index (χ4v) is 3.81. The van der Waals surface area contributed by atoms with Crippen LogP contribution < -0.4 is 5.32 Å². The van der Waals surface area contributed by atoms with Crippen molar-refractivity contribution in [3.05, 3.63) is 107 Å². The molecule has 0 aliphatic rings. The van der Waals surface area contributed by atoms with Gasteiger partial charge in [-0.05, 0) is 55.3 Å². The highest BCUT2D eigenvalue weighted by atomic mass is 19.4. The van der Waals surface area contributed by atoms with Gasteiger partial charge in [-0.1, -0.05) is 41.5 Å². The van der Waals surface area contributed by atoms with Crippen molar-refractivity contribution in [1.29, 1.82) is 0 Å². The Morgan fingerprint density at radius 2 is 1.65 bits per heavy atom. The van der Waals surface area contributed by atoms with E-state index in [4.69, 9.17) is 0 Å². The lowest BCUT2D eigenvalue weighted by molar-refractivity contribution is -0.137. The van der Waals surface area contributed by atoms with Crippen LogP contribution in [-0.4, -0.2) is 15.9 Å². The summed E-state index contributed by atoms with van der Waals surface area (Å²) in [5.41, 5.74) is 4.89. The van der Waals surface area contributed by atoms with Gasteiger partial charge in [-0.3, -0.25) is 14.8 Å². The molecule has 2 aromatic carbocycles. The average molecular weight is 461 g/mol. The quantitative estimate of drug-likeness (QED) is 0.375. The van der Waals surface area contributed by atoms with Crippen molar-refractivity contribution >= 4 is 5.91 Å². The second kappa shape index (κ2) is 9.47. The van der Waals surface area contributed by atoms with Gasteiger partial charge in [-0.15, -0.1) is 0 Å². The molecule has 4 nitrogen and oxygen atoms in total. The fourth-order valence-electron chi connectivity index (χ4n) is 3.81. The topological polar surface area (TPSA) is 54.9 Å². The van der Waals surface area contributed by atoms with Gasteiger partial charge in [0.2, 0.25) is 0 Å². The summed E-state index contributed by atoms with van der Waals surface area (Å²) in [5, 5.41) is 2.74. The molecule has 0 aliphatic heterocycles. The number of carbonyl (C=O) groups excluding carboxylic acids is 1. The second-order valence-electron chi connectivity index (χ2n) is 8.12. The maximum atomic E-state index is 13.2. The number of nitrogens with zero attached hydrogens (tertiary/aromatic N) is 2. The van der Waals surface area contributed by atoms with Gasteiger partial charge in [-0.2, -0.15) is 13.2 Å². The molecule has 34 heavy (non-hydrogen) atoms. The van der Waals surface area contributed by atoms with Crippen molar-refractivity contribution in [2.24, 2.45) is 0 Å². The first kappa shape index (κ1) is 23.2. The van der Waals surface area contributed by atoms with Crippen molar-refractivity contribution in [2.75, 3.05) is 0 Å². The predicted molar refractivity (Wildman–Crippen MR) is 125 cm³/mol. The van der Waals surface area contributed by atoms with Gasteiger partial charge in [0.1, 0.15) is 0 Å². The Hall–Kier alpha value is -4.00. The number of pyridine rings is 2. The SMILES string of the molecule is Cc1cc(C)cc(-c2cnc(-c3cccnc3)c(C(=O)NCc3cccc(C(F)(F)F)c3)c2)c1. The minimum absolute atomic E-state index is 0.0526. The zero-order valence-electron chi connectivity index (χ0n) is 18.6. The first-order valence-corrected chi connectivity index (χ1v) is 10.6. The monoisotopic (exact) mass is 461 g/mol. The van der Waals surface area contributed by atoms with Crippen LogP contribution in [0.4, 0.5) is 13.2 Å². The van der Waals surface area contributed by atoms with E-state index in [1.54, 1.807) is 42.9 Å². The molecule has 0 unspecified atom stereocenters. The smallest absolute Gasteiger partial charge is 0.348 e.